The molecule has 3 aromatic carbocycles. The molecule has 1 aliphatic rings. The van der Waals surface area contributed by atoms with Crippen molar-refractivity contribution in [2.75, 3.05) is 10.2 Å². The van der Waals surface area contributed by atoms with Gasteiger partial charge in [-0.3, -0.25) is 9.59 Å². The van der Waals surface area contributed by atoms with Crippen LogP contribution in [0.4, 0.5) is 11.4 Å². The zero-order valence-electron chi connectivity index (χ0n) is 19.0. The SMILES string of the molecule is Cc1cccc(N2C(=O)C(Nc3ccc(OC(C)C)cc3)=C(c3ccc(Cl)cc3)C2=O)c1C. The van der Waals surface area contributed by atoms with Gasteiger partial charge in [0.1, 0.15) is 11.4 Å². The summed E-state index contributed by atoms with van der Waals surface area (Å²) in [5.74, 6) is -0.0484. The quantitative estimate of drug-likeness (QED) is 0.449. The number of imide groups is 1. The highest BCUT2D eigenvalue weighted by molar-refractivity contribution is 6.46. The van der Waals surface area contributed by atoms with Gasteiger partial charge in [0.25, 0.3) is 11.8 Å². The molecule has 6 heteroatoms. The Bertz CT molecular complexity index is 1250. The number of halogens is 1. The number of carbonyl (C=O) groups excluding carboxylic acids is 2. The highest BCUT2D eigenvalue weighted by atomic mass is 35.5. The van der Waals surface area contributed by atoms with Crippen LogP contribution in [0.3, 0.4) is 0 Å². The molecular formula is C27H25ClN2O3. The molecule has 0 aliphatic carbocycles. The van der Waals surface area contributed by atoms with Crippen molar-refractivity contribution in [3.8, 4) is 5.75 Å². The first-order valence-corrected chi connectivity index (χ1v) is 11.1. The van der Waals surface area contributed by atoms with Crippen LogP contribution in [-0.4, -0.2) is 17.9 Å². The van der Waals surface area contributed by atoms with E-state index in [1.807, 2.05) is 64.1 Å². The van der Waals surface area contributed by atoms with Crippen molar-refractivity contribution < 1.29 is 14.3 Å². The van der Waals surface area contributed by atoms with Crippen LogP contribution >= 0.6 is 11.6 Å². The fourth-order valence-electron chi connectivity index (χ4n) is 3.76. The van der Waals surface area contributed by atoms with Crippen molar-refractivity contribution in [1.29, 1.82) is 0 Å². The molecule has 5 nitrogen and oxygen atoms in total. The monoisotopic (exact) mass is 460 g/mol. The Morgan fingerprint density at radius 1 is 0.879 bits per heavy atom. The number of nitrogens with zero attached hydrogens (tertiary/aromatic N) is 1. The van der Waals surface area contributed by atoms with Gasteiger partial charge < -0.3 is 10.1 Å². The first-order valence-electron chi connectivity index (χ1n) is 10.7. The van der Waals surface area contributed by atoms with E-state index in [0.717, 1.165) is 16.9 Å². The second-order valence-electron chi connectivity index (χ2n) is 8.24. The summed E-state index contributed by atoms with van der Waals surface area (Å²) in [7, 11) is 0. The highest BCUT2D eigenvalue weighted by Crippen LogP contribution is 2.36. The fraction of sp³-hybridized carbons (Fsp3) is 0.185. The number of carbonyl (C=O) groups is 2. The minimum atomic E-state index is -0.402. The molecule has 0 atom stereocenters. The normalized spacial score (nSPS) is 13.8. The van der Waals surface area contributed by atoms with Crippen molar-refractivity contribution in [2.45, 2.75) is 33.8 Å². The molecule has 0 unspecified atom stereocenters. The van der Waals surface area contributed by atoms with Gasteiger partial charge in [0.05, 0.1) is 17.4 Å². The molecule has 1 aliphatic heterocycles. The molecular weight excluding hydrogens is 436 g/mol. The van der Waals surface area contributed by atoms with Crippen LogP contribution in [0.5, 0.6) is 5.75 Å². The summed E-state index contributed by atoms with van der Waals surface area (Å²) in [6, 6.07) is 19.8. The maximum Gasteiger partial charge on any atom is 0.282 e. The third-order valence-corrected chi connectivity index (χ3v) is 5.78. The summed E-state index contributed by atoms with van der Waals surface area (Å²) in [6.45, 7) is 7.78. The minimum absolute atomic E-state index is 0.0585. The van der Waals surface area contributed by atoms with Gasteiger partial charge in [0, 0.05) is 10.7 Å². The topological polar surface area (TPSA) is 58.6 Å². The smallest absolute Gasteiger partial charge is 0.282 e. The number of nitrogens with one attached hydrogen (secondary N) is 1. The summed E-state index contributed by atoms with van der Waals surface area (Å²) in [5.41, 5.74) is 4.29. The maximum absolute atomic E-state index is 13.6. The lowest BCUT2D eigenvalue weighted by molar-refractivity contribution is -0.120. The Morgan fingerprint density at radius 2 is 1.55 bits per heavy atom. The standard InChI is InChI=1S/C27H25ClN2O3/c1-16(2)33-22-14-12-21(13-15-22)29-25-24(19-8-10-20(28)11-9-19)26(31)30(27(25)32)23-7-5-6-17(3)18(23)4/h5-16,29H,1-4H3. The van der Waals surface area contributed by atoms with E-state index in [1.165, 1.54) is 4.90 Å². The Labute approximate surface area is 198 Å². The van der Waals surface area contributed by atoms with Gasteiger partial charge in [-0.25, -0.2) is 4.90 Å². The molecule has 4 rings (SSSR count). The summed E-state index contributed by atoms with van der Waals surface area (Å²) in [5, 5.41) is 3.73. The van der Waals surface area contributed by atoms with Crippen LogP contribution in [-0.2, 0) is 9.59 Å². The first-order chi connectivity index (χ1) is 15.8. The molecule has 1 N–H and O–H groups in total. The van der Waals surface area contributed by atoms with Gasteiger partial charge in [-0.2, -0.15) is 0 Å². The average Bonchev–Trinajstić information content (AvgIpc) is 3.01. The molecule has 0 spiro atoms. The zero-order valence-corrected chi connectivity index (χ0v) is 19.7. The van der Waals surface area contributed by atoms with Crippen molar-refractivity contribution in [3.05, 3.63) is 94.1 Å². The molecule has 0 aromatic heterocycles. The van der Waals surface area contributed by atoms with E-state index in [4.69, 9.17) is 16.3 Å². The number of ether oxygens (including phenoxy) is 1. The third-order valence-electron chi connectivity index (χ3n) is 5.53. The first kappa shape index (κ1) is 22.6. The van der Waals surface area contributed by atoms with Gasteiger partial charge in [-0.05, 0) is 86.8 Å². The van der Waals surface area contributed by atoms with Crippen LogP contribution in [0.2, 0.25) is 5.02 Å². The van der Waals surface area contributed by atoms with E-state index >= 15 is 0 Å². The number of anilines is 2. The Morgan fingerprint density at radius 3 is 2.18 bits per heavy atom. The fourth-order valence-corrected chi connectivity index (χ4v) is 3.89. The predicted molar refractivity (Wildman–Crippen MR) is 133 cm³/mol. The number of benzene rings is 3. The number of amides is 2. The number of aryl methyl sites for hydroxylation is 1. The second-order valence-corrected chi connectivity index (χ2v) is 8.67. The largest absolute Gasteiger partial charge is 0.491 e. The summed E-state index contributed by atoms with van der Waals surface area (Å²) >= 11 is 6.06. The van der Waals surface area contributed by atoms with Crippen LogP contribution in [0.25, 0.3) is 5.57 Å². The van der Waals surface area contributed by atoms with Crippen LogP contribution < -0.4 is 15.0 Å². The molecule has 33 heavy (non-hydrogen) atoms. The minimum Gasteiger partial charge on any atom is -0.491 e. The van der Waals surface area contributed by atoms with Crippen molar-refractivity contribution >= 4 is 40.4 Å². The molecule has 3 aromatic rings. The molecule has 1 heterocycles. The van der Waals surface area contributed by atoms with E-state index in [9.17, 15) is 9.59 Å². The van der Waals surface area contributed by atoms with Gasteiger partial charge >= 0.3 is 0 Å². The highest BCUT2D eigenvalue weighted by Gasteiger charge is 2.40. The number of rotatable bonds is 6. The summed E-state index contributed by atoms with van der Waals surface area (Å²) in [4.78, 5) is 28.4. The molecule has 2 amide bonds. The molecule has 0 bridgehead atoms. The Hall–Kier alpha value is -3.57. The molecule has 0 saturated carbocycles. The van der Waals surface area contributed by atoms with Gasteiger partial charge in [0.15, 0.2) is 0 Å². The van der Waals surface area contributed by atoms with E-state index in [1.54, 1.807) is 30.3 Å². The van der Waals surface area contributed by atoms with Gasteiger partial charge in [-0.1, -0.05) is 35.9 Å². The average molecular weight is 461 g/mol. The van der Waals surface area contributed by atoms with Crippen molar-refractivity contribution in [3.63, 3.8) is 0 Å². The van der Waals surface area contributed by atoms with Crippen LogP contribution in [0.1, 0.15) is 30.5 Å². The molecule has 0 saturated heterocycles. The molecule has 0 radical (unpaired) electrons. The maximum atomic E-state index is 13.6. The van der Waals surface area contributed by atoms with Gasteiger partial charge in [0.2, 0.25) is 0 Å². The lowest BCUT2D eigenvalue weighted by atomic mass is 10.0. The second kappa shape index (κ2) is 9.12. The Kier molecular flexibility index (Phi) is 6.25. The van der Waals surface area contributed by atoms with Crippen molar-refractivity contribution in [1.82, 2.24) is 0 Å². The van der Waals surface area contributed by atoms with Crippen LogP contribution in [0.15, 0.2) is 72.4 Å². The van der Waals surface area contributed by atoms with E-state index in [2.05, 4.69) is 5.32 Å². The van der Waals surface area contributed by atoms with E-state index in [-0.39, 0.29) is 17.7 Å². The molecule has 168 valence electrons. The lowest BCUT2D eigenvalue weighted by Crippen LogP contribution is -2.33. The summed E-state index contributed by atoms with van der Waals surface area (Å²) < 4.78 is 5.70. The predicted octanol–water partition coefficient (Wildman–Crippen LogP) is 6.14. The summed E-state index contributed by atoms with van der Waals surface area (Å²) in [6.07, 6.45) is 0.0585. The molecule has 0 fully saturated rings. The lowest BCUT2D eigenvalue weighted by Gasteiger charge is -2.19. The van der Waals surface area contributed by atoms with E-state index in [0.29, 0.717) is 27.5 Å². The number of hydrogen-bond acceptors (Lipinski definition) is 4. The third kappa shape index (κ3) is 4.50. The zero-order chi connectivity index (χ0) is 23.7. The Balaban J connectivity index is 1.77. The van der Waals surface area contributed by atoms with E-state index < -0.39 is 5.91 Å². The van der Waals surface area contributed by atoms with Crippen molar-refractivity contribution in [2.24, 2.45) is 0 Å². The van der Waals surface area contributed by atoms with Crippen LogP contribution in [0, 0.1) is 13.8 Å². The van der Waals surface area contributed by atoms with Gasteiger partial charge in [-0.15, -0.1) is 0 Å². The number of hydrogen-bond donors (Lipinski definition) is 1.